The average molecular weight is 307 g/mol. The monoisotopic (exact) mass is 307 g/mol. The number of hydrogen-bond donors (Lipinski definition) is 2. The summed E-state index contributed by atoms with van der Waals surface area (Å²) in [6, 6.07) is 0. The molecule has 7 heteroatoms. The lowest BCUT2D eigenvalue weighted by molar-refractivity contribution is -0.124. The first-order chi connectivity index (χ1) is 9.95. The predicted octanol–water partition coefficient (Wildman–Crippen LogP) is 0.690. The van der Waals surface area contributed by atoms with Crippen molar-refractivity contribution in [2.75, 3.05) is 25.0 Å². The molecule has 1 saturated heterocycles. The van der Waals surface area contributed by atoms with Crippen LogP contribution in [0.4, 0.5) is 5.82 Å². The zero-order valence-corrected chi connectivity index (χ0v) is 13.5. The molecule has 1 aliphatic rings. The van der Waals surface area contributed by atoms with Crippen LogP contribution in [0.5, 0.6) is 0 Å². The van der Waals surface area contributed by atoms with Gasteiger partial charge in [0.2, 0.25) is 5.91 Å². The number of nitrogens with zero attached hydrogens (tertiary/aromatic N) is 3. The van der Waals surface area contributed by atoms with Crippen LogP contribution < -0.4 is 16.0 Å². The van der Waals surface area contributed by atoms with Gasteiger partial charge in [-0.15, -0.1) is 5.10 Å². The van der Waals surface area contributed by atoms with Crippen molar-refractivity contribution in [1.29, 1.82) is 0 Å². The van der Waals surface area contributed by atoms with Crippen LogP contribution in [-0.2, 0) is 4.79 Å². The van der Waals surface area contributed by atoms with E-state index in [9.17, 15) is 4.79 Å². The lowest BCUT2D eigenvalue weighted by atomic mass is 9.96. The first-order valence-corrected chi connectivity index (χ1v) is 7.46. The van der Waals surface area contributed by atoms with E-state index in [1.165, 1.54) is 0 Å². The Bertz CT molecular complexity index is 575. The summed E-state index contributed by atoms with van der Waals surface area (Å²) in [6.45, 7) is 5.28. The molecule has 1 fully saturated rings. The Morgan fingerprint density at radius 2 is 2.14 bits per heavy atom. The molecule has 0 aromatic carbocycles. The molecule has 0 bridgehead atoms. The lowest BCUT2D eigenvalue weighted by Crippen LogP contribution is -2.43. The van der Waals surface area contributed by atoms with Gasteiger partial charge in [-0.25, -0.2) is 0 Å². The Labute approximate surface area is 130 Å². The van der Waals surface area contributed by atoms with Crippen LogP contribution in [0, 0.1) is 19.8 Å². The standard InChI is InChI=1S/C14H21N5OS/c1-8-9(2)17-18-13(11(8)12(15)21)19-6-4-5-10(7-19)14(20)16-3/h10H,4-7H2,1-3H3,(H2,15,21)(H,16,20). The summed E-state index contributed by atoms with van der Waals surface area (Å²) in [5.41, 5.74) is 8.42. The quantitative estimate of drug-likeness (QED) is 0.799. The second-order valence-electron chi connectivity index (χ2n) is 5.37. The number of carbonyl (C=O) groups is 1. The van der Waals surface area contributed by atoms with E-state index in [0.717, 1.165) is 36.2 Å². The second kappa shape index (κ2) is 6.34. The summed E-state index contributed by atoms with van der Waals surface area (Å²) >= 11 is 5.17. The number of hydrogen-bond acceptors (Lipinski definition) is 5. The Balaban J connectivity index is 2.35. The topological polar surface area (TPSA) is 84.1 Å². The maximum atomic E-state index is 11.9. The van der Waals surface area contributed by atoms with E-state index in [2.05, 4.69) is 20.4 Å². The zero-order valence-electron chi connectivity index (χ0n) is 12.6. The number of amides is 1. The fourth-order valence-electron chi connectivity index (χ4n) is 2.70. The van der Waals surface area contributed by atoms with Gasteiger partial charge < -0.3 is 16.0 Å². The molecule has 6 nitrogen and oxygen atoms in total. The Morgan fingerprint density at radius 3 is 2.76 bits per heavy atom. The van der Waals surface area contributed by atoms with Crippen LogP contribution in [0.2, 0.25) is 0 Å². The van der Waals surface area contributed by atoms with E-state index in [0.29, 0.717) is 17.4 Å². The first kappa shape index (κ1) is 15.6. The highest BCUT2D eigenvalue weighted by molar-refractivity contribution is 7.80. The number of anilines is 1. The van der Waals surface area contributed by atoms with E-state index in [1.54, 1.807) is 7.05 Å². The summed E-state index contributed by atoms with van der Waals surface area (Å²) in [5, 5.41) is 11.2. The van der Waals surface area contributed by atoms with Crippen molar-refractivity contribution in [3.8, 4) is 0 Å². The predicted molar refractivity (Wildman–Crippen MR) is 86.4 cm³/mol. The van der Waals surface area contributed by atoms with Crippen LogP contribution in [0.3, 0.4) is 0 Å². The summed E-state index contributed by atoms with van der Waals surface area (Å²) in [6.07, 6.45) is 1.82. The minimum Gasteiger partial charge on any atom is -0.389 e. The molecule has 0 radical (unpaired) electrons. The van der Waals surface area contributed by atoms with Crippen LogP contribution in [0.25, 0.3) is 0 Å². The van der Waals surface area contributed by atoms with Gasteiger partial charge in [0.25, 0.3) is 0 Å². The Morgan fingerprint density at radius 1 is 1.43 bits per heavy atom. The van der Waals surface area contributed by atoms with Crippen LogP contribution >= 0.6 is 12.2 Å². The molecule has 1 atom stereocenters. The molecule has 21 heavy (non-hydrogen) atoms. The summed E-state index contributed by atoms with van der Waals surface area (Å²) in [4.78, 5) is 14.2. The number of aryl methyl sites for hydroxylation is 1. The molecule has 2 rings (SSSR count). The fraction of sp³-hybridized carbons (Fsp3) is 0.571. The van der Waals surface area contributed by atoms with Crippen molar-refractivity contribution in [3.63, 3.8) is 0 Å². The van der Waals surface area contributed by atoms with E-state index in [4.69, 9.17) is 18.0 Å². The van der Waals surface area contributed by atoms with Crippen molar-refractivity contribution in [3.05, 3.63) is 16.8 Å². The molecule has 0 aliphatic carbocycles. The number of piperidine rings is 1. The maximum absolute atomic E-state index is 11.9. The Kier molecular flexibility index (Phi) is 4.72. The Hall–Kier alpha value is -1.76. The van der Waals surface area contributed by atoms with Gasteiger partial charge in [-0.1, -0.05) is 12.2 Å². The van der Waals surface area contributed by atoms with Gasteiger partial charge in [0, 0.05) is 20.1 Å². The molecule has 2 heterocycles. The molecule has 114 valence electrons. The second-order valence-corrected chi connectivity index (χ2v) is 5.81. The molecule has 1 unspecified atom stereocenters. The largest absolute Gasteiger partial charge is 0.389 e. The van der Waals surface area contributed by atoms with E-state index >= 15 is 0 Å². The molecule has 1 aromatic heterocycles. The number of rotatable bonds is 3. The molecule has 0 saturated carbocycles. The number of aromatic nitrogens is 2. The lowest BCUT2D eigenvalue weighted by Gasteiger charge is -2.33. The third-order valence-electron chi connectivity index (χ3n) is 4.02. The maximum Gasteiger partial charge on any atom is 0.224 e. The van der Waals surface area contributed by atoms with Crippen molar-refractivity contribution < 1.29 is 4.79 Å². The molecular formula is C14H21N5OS. The number of carbonyl (C=O) groups excluding carboxylic acids is 1. The minimum atomic E-state index is -0.0358. The molecule has 0 spiro atoms. The molecule has 3 N–H and O–H groups in total. The normalized spacial score (nSPS) is 18.4. The molecular weight excluding hydrogens is 286 g/mol. The molecule has 1 aliphatic heterocycles. The summed E-state index contributed by atoms with van der Waals surface area (Å²) in [5.74, 6) is 0.721. The highest BCUT2D eigenvalue weighted by atomic mass is 32.1. The van der Waals surface area contributed by atoms with Gasteiger partial charge in [-0.3, -0.25) is 4.79 Å². The summed E-state index contributed by atoms with van der Waals surface area (Å²) in [7, 11) is 1.66. The van der Waals surface area contributed by atoms with Gasteiger partial charge in [0.1, 0.15) is 4.99 Å². The van der Waals surface area contributed by atoms with Gasteiger partial charge in [0.15, 0.2) is 5.82 Å². The minimum absolute atomic E-state index is 0.0358. The highest BCUT2D eigenvalue weighted by Gasteiger charge is 2.28. The van der Waals surface area contributed by atoms with E-state index in [-0.39, 0.29) is 11.8 Å². The van der Waals surface area contributed by atoms with Crippen LogP contribution in [-0.4, -0.2) is 41.2 Å². The van der Waals surface area contributed by atoms with Gasteiger partial charge in [-0.2, -0.15) is 5.10 Å². The third-order valence-corrected chi connectivity index (χ3v) is 4.22. The number of nitrogens with two attached hydrogens (primary N) is 1. The van der Waals surface area contributed by atoms with Gasteiger partial charge >= 0.3 is 0 Å². The molecule has 1 aromatic rings. The van der Waals surface area contributed by atoms with E-state index in [1.807, 2.05) is 13.8 Å². The smallest absolute Gasteiger partial charge is 0.224 e. The third kappa shape index (κ3) is 3.12. The number of nitrogens with one attached hydrogen (secondary N) is 1. The van der Waals surface area contributed by atoms with Gasteiger partial charge in [0.05, 0.1) is 17.2 Å². The average Bonchev–Trinajstić information content (AvgIpc) is 2.48. The zero-order chi connectivity index (χ0) is 15.6. The first-order valence-electron chi connectivity index (χ1n) is 7.06. The fourth-order valence-corrected chi connectivity index (χ4v) is 2.94. The SMILES string of the molecule is CNC(=O)C1CCCN(c2nnc(C)c(C)c2C(N)=S)C1. The van der Waals surface area contributed by atoms with Crippen molar-refractivity contribution in [2.45, 2.75) is 26.7 Å². The van der Waals surface area contributed by atoms with Crippen LogP contribution in [0.15, 0.2) is 0 Å². The molecule has 1 amide bonds. The number of thiocarbonyl (C=S) groups is 1. The van der Waals surface area contributed by atoms with Gasteiger partial charge in [-0.05, 0) is 32.3 Å². The highest BCUT2D eigenvalue weighted by Crippen LogP contribution is 2.27. The van der Waals surface area contributed by atoms with Crippen LogP contribution in [0.1, 0.15) is 29.7 Å². The van der Waals surface area contributed by atoms with Crippen molar-refractivity contribution in [1.82, 2.24) is 15.5 Å². The summed E-state index contributed by atoms with van der Waals surface area (Å²) < 4.78 is 0. The van der Waals surface area contributed by atoms with Crippen molar-refractivity contribution in [2.24, 2.45) is 11.7 Å². The van der Waals surface area contributed by atoms with E-state index < -0.39 is 0 Å². The van der Waals surface area contributed by atoms with Crippen molar-refractivity contribution >= 4 is 28.9 Å².